The number of ether oxygens (including phenoxy) is 1. The van der Waals surface area contributed by atoms with Crippen molar-refractivity contribution in [3.63, 3.8) is 0 Å². The molecule has 0 bridgehead atoms. The van der Waals surface area contributed by atoms with Crippen LogP contribution >= 0.6 is 0 Å². The Balaban J connectivity index is 2.24. The van der Waals surface area contributed by atoms with E-state index < -0.39 is 0 Å². The van der Waals surface area contributed by atoms with E-state index in [4.69, 9.17) is 10.5 Å². The molecule has 0 saturated heterocycles. The predicted molar refractivity (Wildman–Crippen MR) is 57.7 cm³/mol. The van der Waals surface area contributed by atoms with Crippen molar-refractivity contribution in [2.45, 2.75) is 6.92 Å². The summed E-state index contributed by atoms with van der Waals surface area (Å²) in [5, 5.41) is 0. The Kier molecular flexibility index (Phi) is 2.68. The van der Waals surface area contributed by atoms with Gasteiger partial charge in [-0.2, -0.15) is 0 Å². The van der Waals surface area contributed by atoms with Crippen molar-refractivity contribution in [3.05, 3.63) is 42.0 Å². The highest BCUT2D eigenvalue weighted by molar-refractivity contribution is 5.35. The first-order valence-corrected chi connectivity index (χ1v) is 4.66. The van der Waals surface area contributed by atoms with Crippen molar-refractivity contribution in [2.24, 2.45) is 0 Å². The summed E-state index contributed by atoms with van der Waals surface area (Å²) in [5.41, 5.74) is 6.03. The van der Waals surface area contributed by atoms with E-state index in [1.165, 1.54) is 18.5 Å². The zero-order valence-corrected chi connectivity index (χ0v) is 8.64. The molecule has 0 radical (unpaired) electrons. The Hall–Kier alpha value is -2.17. The van der Waals surface area contributed by atoms with Crippen molar-refractivity contribution in [1.82, 2.24) is 9.97 Å². The molecule has 1 heterocycles. The lowest BCUT2D eigenvalue weighted by molar-refractivity contribution is 0.456. The minimum absolute atomic E-state index is 0.288. The van der Waals surface area contributed by atoms with Gasteiger partial charge < -0.3 is 10.5 Å². The van der Waals surface area contributed by atoms with Gasteiger partial charge in [0.2, 0.25) is 5.88 Å². The van der Waals surface area contributed by atoms with Gasteiger partial charge in [-0.25, -0.2) is 14.4 Å². The number of hydrogen-bond donors (Lipinski definition) is 1. The van der Waals surface area contributed by atoms with Gasteiger partial charge >= 0.3 is 0 Å². The zero-order valence-electron chi connectivity index (χ0n) is 8.64. The van der Waals surface area contributed by atoms with Crippen LogP contribution in [0.5, 0.6) is 11.6 Å². The molecule has 82 valence electrons. The summed E-state index contributed by atoms with van der Waals surface area (Å²) < 4.78 is 18.5. The molecule has 2 aromatic rings. The molecule has 0 fully saturated rings. The molecule has 0 aliphatic rings. The van der Waals surface area contributed by atoms with E-state index in [1.807, 2.05) is 0 Å². The van der Waals surface area contributed by atoms with E-state index in [2.05, 4.69) is 9.97 Å². The molecule has 0 atom stereocenters. The van der Waals surface area contributed by atoms with Crippen molar-refractivity contribution < 1.29 is 9.13 Å². The number of nitrogens with two attached hydrogens (primary N) is 1. The Morgan fingerprint density at radius 3 is 2.75 bits per heavy atom. The van der Waals surface area contributed by atoms with Crippen LogP contribution in [0.2, 0.25) is 0 Å². The minimum atomic E-state index is -0.320. The number of rotatable bonds is 2. The third kappa shape index (κ3) is 2.25. The first-order valence-electron chi connectivity index (χ1n) is 4.66. The summed E-state index contributed by atoms with van der Waals surface area (Å²) in [5.74, 6) is 0.647. The summed E-state index contributed by atoms with van der Waals surface area (Å²) >= 11 is 0. The molecule has 16 heavy (non-hydrogen) atoms. The lowest BCUT2D eigenvalue weighted by atomic mass is 10.2. The van der Waals surface area contributed by atoms with E-state index in [9.17, 15) is 4.39 Å². The van der Waals surface area contributed by atoms with Crippen LogP contribution in [0, 0.1) is 12.7 Å². The molecule has 0 unspecified atom stereocenters. The van der Waals surface area contributed by atoms with Gasteiger partial charge in [-0.15, -0.1) is 0 Å². The van der Waals surface area contributed by atoms with Crippen LogP contribution < -0.4 is 10.5 Å². The fourth-order valence-electron chi connectivity index (χ4n) is 1.17. The lowest BCUT2D eigenvalue weighted by Gasteiger charge is -2.05. The topological polar surface area (TPSA) is 61.0 Å². The van der Waals surface area contributed by atoms with E-state index in [0.29, 0.717) is 17.1 Å². The largest absolute Gasteiger partial charge is 0.439 e. The normalized spacial score (nSPS) is 10.1. The minimum Gasteiger partial charge on any atom is -0.439 e. The first kappa shape index (κ1) is 10.4. The van der Waals surface area contributed by atoms with Crippen molar-refractivity contribution in [2.75, 3.05) is 5.73 Å². The van der Waals surface area contributed by atoms with Gasteiger partial charge in [0.05, 0.1) is 0 Å². The van der Waals surface area contributed by atoms with Gasteiger partial charge in [-0.3, -0.25) is 0 Å². The Labute approximate surface area is 91.9 Å². The number of hydrogen-bond acceptors (Lipinski definition) is 4. The van der Waals surface area contributed by atoms with Crippen LogP contribution in [0.4, 0.5) is 10.2 Å². The Morgan fingerprint density at radius 1 is 1.25 bits per heavy atom. The Morgan fingerprint density at radius 2 is 2.06 bits per heavy atom. The molecular formula is C11H10FN3O. The summed E-state index contributed by atoms with van der Waals surface area (Å²) in [7, 11) is 0. The molecule has 0 aliphatic heterocycles. The molecule has 0 spiro atoms. The molecule has 1 aromatic heterocycles. The third-order valence-corrected chi connectivity index (χ3v) is 2.03. The fourth-order valence-corrected chi connectivity index (χ4v) is 1.17. The molecule has 2 rings (SSSR count). The van der Waals surface area contributed by atoms with Gasteiger partial charge in [0.25, 0.3) is 0 Å². The second kappa shape index (κ2) is 4.14. The van der Waals surface area contributed by atoms with Gasteiger partial charge in [0.15, 0.2) is 0 Å². The third-order valence-electron chi connectivity index (χ3n) is 2.03. The second-order valence-electron chi connectivity index (χ2n) is 3.29. The standard InChI is InChI=1S/C11H10FN3O/c1-7-2-3-8(4-9(7)12)16-11-5-10(13)14-6-15-11/h2-6H,1H3,(H2,13,14,15). The second-order valence-corrected chi connectivity index (χ2v) is 3.29. The molecule has 2 N–H and O–H groups in total. The summed E-state index contributed by atoms with van der Waals surface area (Å²) in [4.78, 5) is 7.58. The SMILES string of the molecule is Cc1ccc(Oc2cc(N)ncn2)cc1F. The summed E-state index contributed by atoms with van der Waals surface area (Å²) in [6, 6.07) is 6.07. The van der Waals surface area contributed by atoms with Crippen LogP contribution in [0.15, 0.2) is 30.6 Å². The average molecular weight is 219 g/mol. The molecule has 0 aliphatic carbocycles. The number of halogens is 1. The van der Waals surface area contributed by atoms with Gasteiger partial charge in [-0.1, -0.05) is 6.07 Å². The van der Waals surface area contributed by atoms with E-state index >= 15 is 0 Å². The molecular weight excluding hydrogens is 209 g/mol. The maximum absolute atomic E-state index is 13.2. The number of nitrogens with zero attached hydrogens (tertiary/aromatic N) is 2. The molecule has 4 nitrogen and oxygen atoms in total. The maximum atomic E-state index is 13.2. The van der Waals surface area contributed by atoms with Crippen LogP contribution in [-0.2, 0) is 0 Å². The van der Waals surface area contributed by atoms with E-state index in [-0.39, 0.29) is 11.7 Å². The average Bonchev–Trinajstić information content (AvgIpc) is 2.24. The molecule has 0 amide bonds. The van der Waals surface area contributed by atoms with Crippen LogP contribution in [0.3, 0.4) is 0 Å². The number of benzene rings is 1. The van der Waals surface area contributed by atoms with Crippen molar-refractivity contribution >= 4 is 5.82 Å². The van der Waals surface area contributed by atoms with Gasteiger partial charge in [-0.05, 0) is 18.6 Å². The summed E-state index contributed by atoms with van der Waals surface area (Å²) in [6.07, 6.45) is 1.29. The maximum Gasteiger partial charge on any atom is 0.224 e. The quantitative estimate of drug-likeness (QED) is 0.841. The highest BCUT2D eigenvalue weighted by Gasteiger charge is 2.03. The highest BCUT2D eigenvalue weighted by Crippen LogP contribution is 2.21. The predicted octanol–water partition coefficient (Wildman–Crippen LogP) is 2.30. The van der Waals surface area contributed by atoms with Crippen LogP contribution in [0.25, 0.3) is 0 Å². The molecule has 1 aromatic carbocycles. The smallest absolute Gasteiger partial charge is 0.224 e. The van der Waals surface area contributed by atoms with E-state index in [0.717, 1.165) is 0 Å². The van der Waals surface area contributed by atoms with E-state index in [1.54, 1.807) is 19.1 Å². The van der Waals surface area contributed by atoms with Crippen LogP contribution in [-0.4, -0.2) is 9.97 Å². The van der Waals surface area contributed by atoms with Crippen LogP contribution in [0.1, 0.15) is 5.56 Å². The molecule has 5 heteroatoms. The van der Waals surface area contributed by atoms with Gasteiger partial charge in [0.1, 0.15) is 23.7 Å². The first-order chi connectivity index (χ1) is 7.65. The number of nitrogen functional groups attached to an aromatic ring is 1. The van der Waals surface area contributed by atoms with Crippen molar-refractivity contribution in [1.29, 1.82) is 0 Å². The number of anilines is 1. The zero-order chi connectivity index (χ0) is 11.5. The molecule has 0 saturated carbocycles. The highest BCUT2D eigenvalue weighted by atomic mass is 19.1. The van der Waals surface area contributed by atoms with Gasteiger partial charge in [0, 0.05) is 12.1 Å². The number of aromatic nitrogens is 2. The fraction of sp³-hybridized carbons (Fsp3) is 0.0909. The monoisotopic (exact) mass is 219 g/mol. The summed E-state index contributed by atoms with van der Waals surface area (Å²) in [6.45, 7) is 1.68. The Bertz CT molecular complexity index is 516. The number of aryl methyl sites for hydroxylation is 1. The lowest BCUT2D eigenvalue weighted by Crippen LogP contribution is -1.94. The van der Waals surface area contributed by atoms with Crippen molar-refractivity contribution in [3.8, 4) is 11.6 Å².